The van der Waals surface area contributed by atoms with Crippen LogP contribution in [0.15, 0.2) is 41.2 Å². The van der Waals surface area contributed by atoms with Crippen LogP contribution in [0.1, 0.15) is 53.9 Å². The Morgan fingerprint density at radius 3 is 2.42 bits per heavy atom. The molecule has 1 aliphatic heterocycles. The zero-order chi connectivity index (χ0) is 28.0. The molecule has 0 fully saturated rings. The number of pyridine rings is 1. The van der Waals surface area contributed by atoms with Gasteiger partial charge in [0.25, 0.3) is 11.5 Å². The van der Waals surface area contributed by atoms with Gasteiger partial charge < -0.3 is 19.9 Å². The third-order valence-corrected chi connectivity index (χ3v) is 5.72. The lowest BCUT2D eigenvalue weighted by Gasteiger charge is -2.30. The molecule has 0 saturated heterocycles. The number of aromatic hydroxyl groups is 1. The minimum Gasteiger partial charge on any atom is -0.506 e. The van der Waals surface area contributed by atoms with Gasteiger partial charge >= 0.3 is 12.1 Å². The molecule has 2 aromatic carbocycles. The summed E-state index contributed by atoms with van der Waals surface area (Å²) in [4.78, 5) is 38.3. The molecule has 198 valence electrons. The van der Waals surface area contributed by atoms with Gasteiger partial charge in [0.15, 0.2) is 5.75 Å². The standard InChI is InChI=1S/C26H22F3N3O6/c1-25(2,3)38-18(33)11-31-23(35)19-21(34)15-8-9-16(26(27,28)29)22-20(15)32(24(19)36)12-17(37-22)14-6-4-13(10-30)5-7-14/h4-9,17,34H,11-12H2,1-3H3,(H,31,35). The molecule has 12 heteroatoms. The maximum atomic E-state index is 13.9. The van der Waals surface area contributed by atoms with Gasteiger partial charge in [0.05, 0.1) is 29.3 Å². The summed E-state index contributed by atoms with van der Waals surface area (Å²) >= 11 is 0. The summed E-state index contributed by atoms with van der Waals surface area (Å²) in [6, 6.07) is 9.45. The third-order valence-electron chi connectivity index (χ3n) is 5.72. The summed E-state index contributed by atoms with van der Waals surface area (Å²) in [5.41, 5.74) is -3.44. The summed E-state index contributed by atoms with van der Waals surface area (Å²) in [5.74, 6) is -3.42. The molecule has 1 amide bonds. The van der Waals surface area contributed by atoms with E-state index in [1.54, 1.807) is 20.8 Å². The van der Waals surface area contributed by atoms with E-state index in [0.717, 1.165) is 10.6 Å². The zero-order valence-corrected chi connectivity index (χ0v) is 20.5. The van der Waals surface area contributed by atoms with Crippen molar-refractivity contribution in [1.29, 1.82) is 5.26 Å². The highest BCUT2D eigenvalue weighted by Crippen LogP contribution is 2.46. The first kappa shape index (κ1) is 26.5. The molecular weight excluding hydrogens is 507 g/mol. The summed E-state index contributed by atoms with van der Waals surface area (Å²) in [6.45, 7) is 3.97. The smallest absolute Gasteiger partial charge is 0.420 e. The number of nitrogens with one attached hydrogen (secondary N) is 1. The van der Waals surface area contributed by atoms with Gasteiger partial charge in [-0.15, -0.1) is 0 Å². The molecule has 1 unspecified atom stereocenters. The molecule has 0 bridgehead atoms. The van der Waals surface area contributed by atoms with Gasteiger partial charge in [0, 0.05) is 5.39 Å². The van der Waals surface area contributed by atoms with Crippen LogP contribution in [0.4, 0.5) is 13.2 Å². The maximum absolute atomic E-state index is 13.9. The van der Waals surface area contributed by atoms with Crippen LogP contribution in [-0.4, -0.2) is 33.7 Å². The Morgan fingerprint density at radius 2 is 1.84 bits per heavy atom. The molecule has 4 rings (SSSR count). The molecule has 0 radical (unpaired) electrons. The minimum absolute atomic E-state index is 0.215. The van der Waals surface area contributed by atoms with E-state index >= 15 is 0 Å². The van der Waals surface area contributed by atoms with Crippen LogP contribution in [0.3, 0.4) is 0 Å². The van der Waals surface area contributed by atoms with Crippen LogP contribution >= 0.6 is 0 Å². The first-order valence-electron chi connectivity index (χ1n) is 11.4. The van der Waals surface area contributed by atoms with E-state index in [0.29, 0.717) is 17.2 Å². The number of aromatic nitrogens is 1. The van der Waals surface area contributed by atoms with Crippen LogP contribution in [0, 0.1) is 11.3 Å². The van der Waals surface area contributed by atoms with Crippen molar-refractivity contribution in [3.63, 3.8) is 0 Å². The fourth-order valence-corrected chi connectivity index (χ4v) is 4.13. The number of nitrogens with zero attached hydrogens (tertiary/aromatic N) is 2. The van der Waals surface area contributed by atoms with Crippen molar-refractivity contribution in [1.82, 2.24) is 9.88 Å². The van der Waals surface area contributed by atoms with Crippen LogP contribution in [-0.2, 0) is 22.3 Å². The number of carbonyl (C=O) groups excluding carboxylic acids is 2. The van der Waals surface area contributed by atoms with Gasteiger partial charge in [-0.1, -0.05) is 12.1 Å². The topological polar surface area (TPSA) is 131 Å². The highest BCUT2D eigenvalue weighted by Gasteiger charge is 2.40. The molecule has 9 nitrogen and oxygen atoms in total. The van der Waals surface area contributed by atoms with Crippen molar-refractivity contribution < 1.29 is 37.3 Å². The second-order valence-electron chi connectivity index (χ2n) is 9.58. The molecular formula is C26H22F3N3O6. The summed E-state index contributed by atoms with van der Waals surface area (Å²) in [6.07, 6.45) is -5.93. The van der Waals surface area contributed by atoms with Crippen LogP contribution < -0.4 is 15.6 Å². The lowest BCUT2D eigenvalue weighted by molar-refractivity contribution is -0.153. The Kier molecular flexibility index (Phi) is 6.57. The SMILES string of the molecule is CC(C)(C)OC(=O)CNC(=O)c1c(O)c2ccc(C(F)(F)F)c3c2n(c1=O)CC(c1ccc(C#N)cc1)O3. The predicted molar refractivity (Wildman–Crippen MR) is 128 cm³/mol. The monoisotopic (exact) mass is 529 g/mol. The van der Waals surface area contributed by atoms with E-state index < -0.39 is 64.5 Å². The molecule has 2 heterocycles. The van der Waals surface area contributed by atoms with Gasteiger partial charge in [-0.3, -0.25) is 19.0 Å². The number of halogens is 3. The average molecular weight is 529 g/mol. The Hall–Kier alpha value is -4.53. The van der Waals surface area contributed by atoms with Crippen molar-refractivity contribution >= 4 is 22.8 Å². The van der Waals surface area contributed by atoms with Crippen LogP contribution in [0.25, 0.3) is 10.9 Å². The maximum Gasteiger partial charge on any atom is 0.420 e. The molecule has 1 aromatic heterocycles. The van der Waals surface area contributed by atoms with E-state index in [4.69, 9.17) is 14.7 Å². The quantitative estimate of drug-likeness (QED) is 0.492. The number of nitriles is 1. The van der Waals surface area contributed by atoms with Gasteiger partial charge in [0.1, 0.15) is 29.6 Å². The average Bonchev–Trinajstić information content (AvgIpc) is 2.83. The van der Waals surface area contributed by atoms with E-state index in [1.165, 1.54) is 24.3 Å². The van der Waals surface area contributed by atoms with Gasteiger partial charge in [0.2, 0.25) is 0 Å². The molecule has 38 heavy (non-hydrogen) atoms. The van der Waals surface area contributed by atoms with E-state index in [2.05, 4.69) is 5.32 Å². The molecule has 2 N–H and O–H groups in total. The Bertz CT molecular complexity index is 1550. The van der Waals surface area contributed by atoms with Crippen molar-refractivity contribution in [2.75, 3.05) is 6.54 Å². The third kappa shape index (κ3) is 5.00. The Balaban J connectivity index is 1.83. The lowest BCUT2D eigenvalue weighted by Crippen LogP contribution is -2.39. The molecule has 0 spiro atoms. The Labute approximate surface area is 214 Å². The minimum atomic E-state index is -4.85. The fraction of sp³-hybridized carbons (Fsp3) is 0.308. The van der Waals surface area contributed by atoms with Crippen molar-refractivity contribution in [3.05, 3.63) is 69.0 Å². The second-order valence-corrected chi connectivity index (χ2v) is 9.58. The molecule has 0 aliphatic carbocycles. The van der Waals surface area contributed by atoms with E-state index in [-0.39, 0.29) is 17.4 Å². The van der Waals surface area contributed by atoms with Crippen molar-refractivity contribution in [3.8, 4) is 17.6 Å². The first-order chi connectivity index (χ1) is 17.7. The normalized spacial score (nSPS) is 14.9. The zero-order valence-electron chi connectivity index (χ0n) is 20.5. The number of alkyl halides is 3. The summed E-state index contributed by atoms with van der Waals surface area (Å²) < 4.78 is 53.4. The fourth-order valence-electron chi connectivity index (χ4n) is 4.13. The summed E-state index contributed by atoms with van der Waals surface area (Å²) in [5, 5.41) is 21.8. The number of amides is 1. The van der Waals surface area contributed by atoms with E-state index in [9.17, 15) is 32.7 Å². The highest BCUT2D eigenvalue weighted by atomic mass is 19.4. The number of ether oxygens (including phenoxy) is 2. The predicted octanol–water partition coefficient (Wildman–Crippen LogP) is 3.80. The molecule has 1 aliphatic rings. The second kappa shape index (κ2) is 9.41. The van der Waals surface area contributed by atoms with Gasteiger partial charge in [-0.25, -0.2) is 0 Å². The van der Waals surface area contributed by atoms with Crippen LogP contribution in [0.2, 0.25) is 0 Å². The first-order valence-corrected chi connectivity index (χ1v) is 11.4. The molecule has 3 aromatic rings. The molecule has 1 atom stereocenters. The van der Waals surface area contributed by atoms with Gasteiger partial charge in [-0.2, -0.15) is 18.4 Å². The van der Waals surface area contributed by atoms with E-state index in [1.807, 2.05) is 6.07 Å². The number of hydrogen-bond donors (Lipinski definition) is 2. The van der Waals surface area contributed by atoms with Crippen LogP contribution in [0.5, 0.6) is 11.5 Å². The van der Waals surface area contributed by atoms with Crippen molar-refractivity contribution in [2.24, 2.45) is 0 Å². The summed E-state index contributed by atoms with van der Waals surface area (Å²) in [7, 11) is 0. The molecule has 0 saturated carbocycles. The number of benzene rings is 2. The number of esters is 1. The lowest BCUT2D eigenvalue weighted by atomic mass is 10.0. The number of hydrogen-bond acceptors (Lipinski definition) is 7. The number of carbonyl (C=O) groups is 2. The Morgan fingerprint density at radius 1 is 1.18 bits per heavy atom. The van der Waals surface area contributed by atoms with Crippen molar-refractivity contribution in [2.45, 2.75) is 45.2 Å². The highest BCUT2D eigenvalue weighted by molar-refractivity contribution is 6.04. The number of rotatable bonds is 4. The largest absolute Gasteiger partial charge is 0.506 e. The van der Waals surface area contributed by atoms with Gasteiger partial charge in [-0.05, 0) is 50.6 Å².